The molecule has 0 spiro atoms. The zero-order valence-electron chi connectivity index (χ0n) is 15.7. The average molecular weight is 400 g/mol. The Hall–Kier alpha value is -2.09. The van der Waals surface area contributed by atoms with Crippen LogP contribution < -0.4 is 5.32 Å². The van der Waals surface area contributed by atoms with Gasteiger partial charge in [-0.15, -0.1) is 0 Å². The van der Waals surface area contributed by atoms with Crippen LogP contribution in [0, 0.1) is 5.92 Å². The Morgan fingerprint density at radius 3 is 2.61 bits per heavy atom. The fourth-order valence-electron chi connectivity index (χ4n) is 3.87. The minimum Gasteiger partial charge on any atom is -0.395 e. The van der Waals surface area contributed by atoms with E-state index < -0.39 is 23.3 Å². The molecule has 4 nitrogen and oxygen atoms in total. The van der Waals surface area contributed by atoms with Crippen molar-refractivity contribution in [3.05, 3.63) is 35.5 Å². The van der Waals surface area contributed by atoms with Crippen LogP contribution in [0.2, 0.25) is 0 Å². The number of fused-ring (bicyclic) bond motifs is 1. The van der Waals surface area contributed by atoms with Crippen LogP contribution in [-0.2, 0) is 12.7 Å². The molecule has 2 N–H and O–H groups in total. The van der Waals surface area contributed by atoms with Crippen molar-refractivity contribution in [1.29, 1.82) is 0 Å². The normalized spacial score (nSPS) is 23.1. The summed E-state index contributed by atoms with van der Waals surface area (Å²) in [5, 5.41) is 11.7. The summed E-state index contributed by atoms with van der Waals surface area (Å²) in [7, 11) is 0. The summed E-state index contributed by atoms with van der Waals surface area (Å²) in [6.07, 6.45) is -1.15. The first kappa shape index (κ1) is 20.6. The van der Waals surface area contributed by atoms with Gasteiger partial charge in [-0.3, -0.25) is 4.79 Å². The van der Waals surface area contributed by atoms with Gasteiger partial charge < -0.3 is 15.0 Å². The van der Waals surface area contributed by atoms with Gasteiger partial charge in [-0.25, -0.2) is 4.39 Å². The van der Waals surface area contributed by atoms with Gasteiger partial charge in [0, 0.05) is 30.2 Å². The number of hydrogen-bond donors (Lipinski definition) is 2. The van der Waals surface area contributed by atoms with Crippen molar-refractivity contribution in [3.63, 3.8) is 0 Å². The van der Waals surface area contributed by atoms with Gasteiger partial charge in [0.2, 0.25) is 0 Å². The molecule has 0 bridgehead atoms. The van der Waals surface area contributed by atoms with Gasteiger partial charge in [0.15, 0.2) is 0 Å². The Morgan fingerprint density at radius 1 is 1.32 bits per heavy atom. The number of amides is 1. The number of alkyl halides is 4. The maximum Gasteiger partial charge on any atom is 0.417 e. The molecule has 1 aromatic heterocycles. The lowest BCUT2D eigenvalue weighted by Crippen LogP contribution is -2.34. The number of carbonyl (C=O) groups is 1. The molecule has 1 saturated carbocycles. The zero-order chi connectivity index (χ0) is 20.5. The second-order valence-electron chi connectivity index (χ2n) is 7.72. The minimum absolute atomic E-state index is 0.0671. The van der Waals surface area contributed by atoms with Gasteiger partial charge >= 0.3 is 6.18 Å². The Morgan fingerprint density at radius 2 is 2.00 bits per heavy atom. The van der Waals surface area contributed by atoms with Crippen LogP contribution in [0.4, 0.5) is 17.6 Å². The molecule has 0 unspecified atom stereocenters. The number of aromatic nitrogens is 1. The van der Waals surface area contributed by atoms with Gasteiger partial charge in [-0.1, -0.05) is 6.07 Å². The van der Waals surface area contributed by atoms with E-state index in [-0.39, 0.29) is 35.5 Å². The second-order valence-corrected chi connectivity index (χ2v) is 7.72. The van der Waals surface area contributed by atoms with E-state index in [1.54, 1.807) is 6.92 Å². The van der Waals surface area contributed by atoms with Crippen molar-refractivity contribution in [3.8, 4) is 0 Å². The Balaban J connectivity index is 1.86. The molecule has 0 atom stereocenters. The fraction of sp³-hybridized carbons (Fsp3) is 0.550. The van der Waals surface area contributed by atoms with Crippen LogP contribution in [0.5, 0.6) is 0 Å². The number of halogens is 4. The molecule has 1 amide bonds. The van der Waals surface area contributed by atoms with E-state index >= 15 is 0 Å². The maximum absolute atomic E-state index is 13.9. The predicted octanol–water partition coefficient (Wildman–Crippen LogP) is 4.30. The number of aliphatic hydroxyl groups is 1. The minimum atomic E-state index is -4.60. The molecule has 0 saturated heterocycles. The smallest absolute Gasteiger partial charge is 0.395 e. The van der Waals surface area contributed by atoms with Crippen molar-refractivity contribution >= 4 is 16.8 Å². The summed E-state index contributed by atoms with van der Waals surface area (Å²) in [5.74, 6) is -0.479. The van der Waals surface area contributed by atoms with Crippen molar-refractivity contribution in [2.75, 3.05) is 13.2 Å². The molecule has 1 aromatic carbocycles. The molecule has 28 heavy (non-hydrogen) atoms. The quantitative estimate of drug-likeness (QED) is 0.736. The van der Waals surface area contributed by atoms with E-state index in [1.807, 2.05) is 0 Å². The van der Waals surface area contributed by atoms with Gasteiger partial charge in [-0.05, 0) is 50.7 Å². The predicted molar refractivity (Wildman–Crippen MR) is 97.8 cm³/mol. The number of rotatable bonds is 5. The van der Waals surface area contributed by atoms with Crippen LogP contribution in [0.15, 0.2) is 24.4 Å². The Bertz CT molecular complexity index is 848. The third-order valence-corrected chi connectivity index (χ3v) is 5.50. The highest BCUT2D eigenvalue weighted by Gasteiger charge is 2.35. The van der Waals surface area contributed by atoms with Gasteiger partial charge in [0.25, 0.3) is 5.91 Å². The van der Waals surface area contributed by atoms with E-state index in [9.17, 15) is 27.5 Å². The highest BCUT2D eigenvalue weighted by molar-refractivity contribution is 6.08. The molecule has 1 aliphatic rings. The Kier molecular flexibility index (Phi) is 5.70. The molecule has 2 aromatic rings. The third kappa shape index (κ3) is 4.32. The monoisotopic (exact) mass is 400 g/mol. The van der Waals surface area contributed by atoms with Crippen LogP contribution >= 0.6 is 0 Å². The standard InChI is InChI=1S/C20H24F4N2O2/c1-19(21)7-5-13(6-8-19)11-25-18(28)14-12-26(9-10-27)16-4-2-3-15(17(14)16)20(22,23)24/h2-4,12-13,27H,5-11H2,1H3,(H,25,28). The average Bonchev–Trinajstić information content (AvgIpc) is 2.99. The molecule has 1 heterocycles. The largest absolute Gasteiger partial charge is 0.417 e. The molecule has 154 valence electrons. The van der Waals surface area contributed by atoms with Crippen molar-refractivity contribution in [2.45, 2.75) is 51.0 Å². The maximum atomic E-state index is 13.9. The first-order valence-electron chi connectivity index (χ1n) is 9.39. The summed E-state index contributed by atoms with van der Waals surface area (Å²) >= 11 is 0. The summed E-state index contributed by atoms with van der Waals surface area (Å²) in [6.45, 7) is 1.69. The van der Waals surface area contributed by atoms with E-state index in [0.717, 1.165) is 6.07 Å². The van der Waals surface area contributed by atoms with Crippen LogP contribution in [0.25, 0.3) is 10.9 Å². The van der Waals surface area contributed by atoms with Crippen LogP contribution in [0.1, 0.15) is 48.5 Å². The lowest BCUT2D eigenvalue weighted by atomic mass is 9.81. The first-order chi connectivity index (χ1) is 13.1. The molecule has 0 aliphatic heterocycles. The number of carbonyl (C=O) groups excluding carboxylic acids is 1. The summed E-state index contributed by atoms with van der Waals surface area (Å²) < 4.78 is 55.8. The van der Waals surface area contributed by atoms with E-state index in [2.05, 4.69) is 5.32 Å². The van der Waals surface area contributed by atoms with Crippen molar-refractivity contribution in [1.82, 2.24) is 9.88 Å². The lowest BCUT2D eigenvalue weighted by molar-refractivity contribution is -0.136. The molecule has 8 heteroatoms. The summed E-state index contributed by atoms with van der Waals surface area (Å²) in [6, 6.07) is 3.74. The van der Waals surface area contributed by atoms with Crippen molar-refractivity contribution in [2.24, 2.45) is 5.92 Å². The van der Waals surface area contributed by atoms with Crippen LogP contribution in [0.3, 0.4) is 0 Å². The number of benzene rings is 1. The summed E-state index contributed by atoms with van der Waals surface area (Å²) in [5.41, 5.74) is -1.88. The fourth-order valence-corrected chi connectivity index (χ4v) is 3.87. The Labute approximate surface area is 160 Å². The lowest BCUT2D eigenvalue weighted by Gasteiger charge is -2.31. The molecule has 1 fully saturated rings. The SMILES string of the molecule is CC1(F)CCC(CNC(=O)c2cn(CCO)c3cccc(C(F)(F)F)c23)CC1. The van der Waals surface area contributed by atoms with E-state index in [0.29, 0.717) is 32.2 Å². The number of aliphatic hydroxyl groups excluding tert-OH is 1. The molecule has 0 radical (unpaired) electrons. The van der Waals surface area contributed by atoms with Crippen molar-refractivity contribution < 1.29 is 27.5 Å². The van der Waals surface area contributed by atoms with E-state index in [4.69, 9.17) is 0 Å². The molecule has 3 rings (SSSR count). The zero-order valence-corrected chi connectivity index (χ0v) is 15.7. The molecular formula is C20H24F4N2O2. The second kappa shape index (κ2) is 7.73. The van der Waals surface area contributed by atoms with Gasteiger partial charge in [0.05, 0.1) is 17.7 Å². The number of hydrogen-bond acceptors (Lipinski definition) is 2. The molecule has 1 aliphatic carbocycles. The highest BCUT2D eigenvalue weighted by Crippen LogP contribution is 2.37. The van der Waals surface area contributed by atoms with Crippen LogP contribution in [-0.4, -0.2) is 34.4 Å². The van der Waals surface area contributed by atoms with Gasteiger partial charge in [0.1, 0.15) is 5.67 Å². The number of nitrogens with zero attached hydrogens (tertiary/aromatic N) is 1. The topological polar surface area (TPSA) is 54.3 Å². The summed E-state index contributed by atoms with van der Waals surface area (Å²) in [4.78, 5) is 12.7. The molecular weight excluding hydrogens is 376 g/mol. The number of nitrogens with one attached hydrogen (secondary N) is 1. The van der Waals surface area contributed by atoms with Gasteiger partial charge in [-0.2, -0.15) is 13.2 Å². The first-order valence-corrected chi connectivity index (χ1v) is 9.39. The van der Waals surface area contributed by atoms with E-state index in [1.165, 1.54) is 22.9 Å². The highest BCUT2D eigenvalue weighted by atomic mass is 19.4. The third-order valence-electron chi connectivity index (χ3n) is 5.50.